The molecular formula is C12H20Si. The van der Waals surface area contributed by atoms with Gasteiger partial charge in [-0.3, -0.25) is 0 Å². The summed E-state index contributed by atoms with van der Waals surface area (Å²) >= 11 is 0. The fraction of sp³-hybridized carbons (Fsp3) is 0.500. The Balaban J connectivity index is 2.92. The molecule has 0 aliphatic heterocycles. The molecule has 0 atom stereocenters. The number of hydrogen-bond donors (Lipinski definition) is 0. The van der Waals surface area contributed by atoms with Gasteiger partial charge in [0.15, 0.2) is 0 Å². The smallest absolute Gasteiger partial charge is 0.0564 e. The lowest BCUT2D eigenvalue weighted by molar-refractivity contribution is 0.849. The maximum absolute atomic E-state index is 4.18. The van der Waals surface area contributed by atoms with Crippen molar-refractivity contribution in [2.24, 2.45) is 0 Å². The van der Waals surface area contributed by atoms with Gasteiger partial charge in [-0.25, -0.2) is 0 Å². The topological polar surface area (TPSA) is 0 Å². The van der Waals surface area contributed by atoms with Crippen LogP contribution in [0.15, 0.2) is 36.5 Å². The Morgan fingerprint density at radius 1 is 1.00 bits per heavy atom. The van der Waals surface area contributed by atoms with Gasteiger partial charge in [-0.1, -0.05) is 56.1 Å². The molecule has 0 spiro atoms. The molecule has 0 saturated heterocycles. The van der Waals surface area contributed by atoms with E-state index in [-0.39, 0.29) is 0 Å². The second-order valence-electron chi connectivity index (χ2n) is 5.22. The zero-order chi connectivity index (χ0) is 10.2. The lowest BCUT2D eigenvalue weighted by Gasteiger charge is -2.37. The molecule has 0 radical (unpaired) electrons. The van der Waals surface area contributed by atoms with Crippen molar-refractivity contribution in [2.45, 2.75) is 38.0 Å². The lowest BCUT2D eigenvalue weighted by Crippen LogP contribution is -2.32. The summed E-state index contributed by atoms with van der Waals surface area (Å²) in [7, 11) is -1.15. The Bertz CT molecular complexity index is 245. The molecule has 0 unspecified atom stereocenters. The highest BCUT2D eigenvalue weighted by Crippen LogP contribution is 2.44. The minimum absolute atomic E-state index is 0.609. The molecular weight excluding hydrogens is 172 g/mol. The highest BCUT2D eigenvalue weighted by atomic mass is 28.3. The number of allylic oxidation sites excluding steroid dienone is 3. The molecule has 1 aliphatic carbocycles. The normalized spacial score (nSPS) is 21.0. The highest BCUT2D eigenvalue weighted by Gasteiger charge is 2.33. The van der Waals surface area contributed by atoms with E-state index in [1.54, 1.807) is 0 Å². The predicted octanol–water partition coefficient (Wildman–Crippen LogP) is 4.16. The van der Waals surface area contributed by atoms with E-state index in [1.807, 2.05) is 0 Å². The van der Waals surface area contributed by atoms with Crippen molar-refractivity contribution in [2.75, 3.05) is 0 Å². The van der Waals surface area contributed by atoms with Gasteiger partial charge in [0.1, 0.15) is 0 Å². The van der Waals surface area contributed by atoms with Gasteiger partial charge in [-0.2, -0.15) is 0 Å². The maximum Gasteiger partial charge on any atom is 0.0564 e. The first kappa shape index (κ1) is 10.5. The molecule has 0 aromatic carbocycles. The summed E-state index contributed by atoms with van der Waals surface area (Å²) in [6, 6.07) is 0. The van der Waals surface area contributed by atoms with E-state index in [0.717, 1.165) is 12.8 Å². The van der Waals surface area contributed by atoms with Crippen molar-refractivity contribution in [1.29, 1.82) is 0 Å². The first-order valence-electron chi connectivity index (χ1n) is 4.84. The van der Waals surface area contributed by atoms with Crippen LogP contribution in [0.4, 0.5) is 0 Å². The first-order chi connectivity index (χ1) is 5.82. The zero-order valence-electron chi connectivity index (χ0n) is 9.11. The molecule has 13 heavy (non-hydrogen) atoms. The standard InChI is InChI=1S/C12H20Si/c1-9-7-10(2)12(11(3)8-9)13(4,5)6/h12H,1-3,7-8H2,4-6H3. The van der Waals surface area contributed by atoms with E-state index in [0.29, 0.717) is 5.54 Å². The van der Waals surface area contributed by atoms with Gasteiger partial charge in [0.25, 0.3) is 0 Å². The molecule has 72 valence electrons. The van der Waals surface area contributed by atoms with Crippen molar-refractivity contribution in [3.63, 3.8) is 0 Å². The fourth-order valence-electron chi connectivity index (χ4n) is 2.42. The quantitative estimate of drug-likeness (QED) is 0.432. The summed E-state index contributed by atoms with van der Waals surface area (Å²) in [5, 5.41) is 0. The van der Waals surface area contributed by atoms with E-state index < -0.39 is 8.07 Å². The van der Waals surface area contributed by atoms with Crippen LogP contribution < -0.4 is 0 Å². The third-order valence-electron chi connectivity index (χ3n) is 2.64. The first-order valence-corrected chi connectivity index (χ1v) is 8.42. The number of hydrogen-bond acceptors (Lipinski definition) is 0. The van der Waals surface area contributed by atoms with Crippen LogP contribution in [0.2, 0.25) is 25.2 Å². The van der Waals surface area contributed by atoms with Gasteiger partial charge in [0, 0.05) is 0 Å². The van der Waals surface area contributed by atoms with E-state index in [9.17, 15) is 0 Å². The summed E-state index contributed by atoms with van der Waals surface area (Å²) in [6.07, 6.45) is 2.04. The van der Waals surface area contributed by atoms with Crippen LogP contribution in [0, 0.1) is 0 Å². The van der Waals surface area contributed by atoms with E-state index in [4.69, 9.17) is 0 Å². The zero-order valence-corrected chi connectivity index (χ0v) is 10.1. The van der Waals surface area contributed by atoms with E-state index in [2.05, 4.69) is 39.4 Å². The molecule has 1 fully saturated rings. The van der Waals surface area contributed by atoms with E-state index >= 15 is 0 Å². The van der Waals surface area contributed by atoms with Gasteiger partial charge in [-0.05, 0) is 18.4 Å². The molecule has 1 heteroatoms. The summed E-state index contributed by atoms with van der Waals surface area (Å²) in [6.45, 7) is 19.6. The van der Waals surface area contributed by atoms with Crippen LogP contribution in [0.5, 0.6) is 0 Å². The van der Waals surface area contributed by atoms with Crippen molar-refractivity contribution >= 4 is 8.07 Å². The molecule has 1 saturated carbocycles. The summed E-state index contributed by atoms with van der Waals surface area (Å²) in [5.41, 5.74) is 4.59. The predicted molar refractivity (Wildman–Crippen MR) is 63.8 cm³/mol. The number of rotatable bonds is 1. The summed E-state index contributed by atoms with van der Waals surface area (Å²) in [4.78, 5) is 0. The largest absolute Gasteiger partial charge is 0.0992 e. The van der Waals surface area contributed by atoms with Crippen LogP contribution in [0.25, 0.3) is 0 Å². The maximum atomic E-state index is 4.18. The molecule has 1 rings (SSSR count). The molecule has 0 aromatic heterocycles. The molecule has 0 heterocycles. The summed E-state index contributed by atoms with van der Waals surface area (Å²) in [5.74, 6) is 0. The lowest BCUT2D eigenvalue weighted by atomic mass is 9.88. The van der Waals surface area contributed by atoms with Gasteiger partial charge < -0.3 is 0 Å². The van der Waals surface area contributed by atoms with Gasteiger partial charge in [-0.15, -0.1) is 0 Å². The van der Waals surface area contributed by atoms with Crippen LogP contribution in [-0.2, 0) is 0 Å². The van der Waals surface area contributed by atoms with Crippen LogP contribution in [0.3, 0.4) is 0 Å². The summed E-state index contributed by atoms with van der Waals surface area (Å²) < 4.78 is 0. The third kappa shape index (κ3) is 2.22. The van der Waals surface area contributed by atoms with Gasteiger partial charge >= 0.3 is 0 Å². The molecule has 0 nitrogen and oxygen atoms in total. The molecule has 0 aromatic rings. The second kappa shape index (κ2) is 3.30. The molecule has 1 aliphatic rings. The Labute approximate surface area is 83.1 Å². The van der Waals surface area contributed by atoms with Crippen molar-refractivity contribution in [3.05, 3.63) is 36.5 Å². The second-order valence-corrected chi connectivity index (χ2v) is 10.5. The van der Waals surface area contributed by atoms with E-state index in [1.165, 1.54) is 16.7 Å². The Morgan fingerprint density at radius 3 is 1.69 bits per heavy atom. The van der Waals surface area contributed by atoms with Crippen LogP contribution >= 0.6 is 0 Å². The van der Waals surface area contributed by atoms with Crippen molar-refractivity contribution in [1.82, 2.24) is 0 Å². The SMILES string of the molecule is C=C1CC(=C)C([Si](C)(C)C)C(=C)C1. The van der Waals surface area contributed by atoms with Crippen molar-refractivity contribution in [3.8, 4) is 0 Å². The fourth-order valence-corrected chi connectivity index (χ4v) is 5.08. The Morgan fingerprint density at radius 2 is 1.38 bits per heavy atom. The molecule has 0 bridgehead atoms. The van der Waals surface area contributed by atoms with Gasteiger partial charge in [0.05, 0.1) is 8.07 Å². The Kier molecular flexibility index (Phi) is 2.67. The molecule has 0 amide bonds. The highest BCUT2D eigenvalue weighted by molar-refractivity contribution is 6.78. The van der Waals surface area contributed by atoms with Crippen molar-refractivity contribution < 1.29 is 0 Å². The van der Waals surface area contributed by atoms with Crippen LogP contribution in [-0.4, -0.2) is 8.07 Å². The average Bonchev–Trinajstić information content (AvgIpc) is 1.78. The Hall–Kier alpha value is -0.563. The third-order valence-corrected chi connectivity index (χ3v) is 5.19. The minimum Gasteiger partial charge on any atom is -0.0992 e. The van der Waals surface area contributed by atoms with Crippen LogP contribution in [0.1, 0.15) is 12.8 Å². The monoisotopic (exact) mass is 192 g/mol. The van der Waals surface area contributed by atoms with Gasteiger partial charge in [0.2, 0.25) is 0 Å². The minimum atomic E-state index is -1.15. The molecule has 0 N–H and O–H groups in total. The average molecular weight is 192 g/mol.